The molecule has 2 rings (SSSR count). The summed E-state index contributed by atoms with van der Waals surface area (Å²) in [6.45, 7) is 0. The van der Waals surface area contributed by atoms with E-state index in [-0.39, 0.29) is 0 Å². The van der Waals surface area contributed by atoms with E-state index in [0.29, 0.717) is 12.1 Å². The smallest absolute Gasteiger partial charge is 0.0673 e. The van der Waals surface area contributed by atoms with Crippen LogP contribution in [0.25, 0.3) is 0 Å². The van der Waals surface area contributed by atoms with Gasteiger partial charge in [0.1, 0.15) is 0 Å². The van der Waals surface area contributed by atoms with E-state index in [1.54, 1.807) is 6.07 Å². The van der Waals surface area contributed by atoms with E-state index < -0.39 is 0 Å². The number of hydrogen-bond acceptors (Lipinski definition) is 3. The van der Waals surface area contributed by atoms with Crippen LogP contribution in [-0.2, 0) is 6.42 Å². The van der Waals surface area contributed by atoms with Gasteiger partial charge in [0, 0.05) is 20.3 Å². The Morgan fingerprint density at radius 1 is 1.16 bits per heavy atom. The van der Waals surface area contributed by atoms with Gasteiger partial charge in [-0.1, -0.05) is 6.07 Å². The third-order valence-corrected chi connectivity index (χ3v) is 3.97. The number of hydrogen-bond donors (Lipinski definition) is 2. The van der Waals surface area contributed by atoms with Crippen LogP contribution < -0.4 is 11.1 Å². The van der Waals surface area contributed by atoms with Crippen LogP contribution in [-0.4, -0.2) is 0 Å². The second kappa shape index (κ2) is 6.09. The first-order chi connectivity index (χ1) is 9.11. The number of benzene rings is 2. The van der Waals surface area contributed by atoms with Crippen molar-refractivity contribution in [3.05, 3.63) is 50.9 Å². The third-order valence-electron chi connectivity index (χ3n) is 2.64. The lowest BCUT2D eigenvalue weighted by Gasteiger charge is -2.12. The highest BCUT2D eigenvalue weighted by molar-refractivity contribution is 9.11. The lowest BCUT2D eigenvalue weighted by Crippen LogP contribution is -1.97. The van der Waals surface area contributed by atoms with Crippen molar-refractivity contribution in [1.29, 1.82) is 5.26 Å². The van der Waals surface area contributed by atoms with Crippen LogP contribution in [0.3, 0.4) is 0 Å². The minimum Gasteiger partial charge on any atom is -0.398 e. The Labute approximate surface area is 128 Å². The van der Waals surface area contributed by atoms with Crippen LogP contribution in [0.1, 0.15) is 5.56 Å². The molecule has 0 aliphatic heterocycles. The molecular weight excluding hydrogens is 370 g/mol. The van der Waals surface area contributed by atoms with Gasteiger partial charge in [0.2, 0.25) is 0 Å². The normalized spacial score (nSPS) is 9.95. The van der Waals surface area contributed by atoms with Crippen molar-refractivity contribution >= 4 is 48.9 Å². The molecule has 0 fully saturated rings. The van der Waals surface area contributed by atoms with Crippen molar-refractivity contribution < 1.29 is 0 Å². The van der Waals surface area contributed by atoms with Gasteiger partial charge in [-0.05, 0) is 67.8 Å². The largest absolute Gasteiger partial charge is 0.398 e. The first-order valence-electron chi connectivity index (χ1n) is 5.58. The highest BCUT2D eigenvalue weighted by Gasteiger charge is 2.06. The third kappa shape index (κ3) is 3.28. The molecule has 0 unspecified atom stereocenters. The number of anilines is 3. The molecule has 0 atom stereocenters. The zero-order valence-corrected chi connectivity index (χ0v) is 13.1. The molecule has 19 heavy (non-hydrogen) atoms. The number of rotatable bonds is 3. The van der Waals surface area contributed by atoms with E-state index >= 15 is 0 Å². The van der Waals surface area contributed by atoms with Crippen LogP contribution >= 0.6 is 31.9 Å². The van der Waals surface area contributed by atoms with Gasteiger partial charge in [0.05, 0.1) is 18.2 Å². The number of para-hydroxylation sites is 1. The number of nitrogens with zero attached hydrogens (tertiary/aromatic N) is 1. The molecular formula is C14H11Br2N3. The average Bonchev–Trinajstić information content (AvgIpc) is 2.38. The average molecular weight is 381 g/mol. The summed E-state index contributed by atoms with van der Waals surface area (Å²) in [6, 6.07) is 13.6. The Bertz CT molecular complexity index is 627. The van der Waals surface area contributed by atoms with Gasteiger partial charge in [-0.2, -0.15) is 5.26 Å². The molecule has 0 radical (unpaired) electrons. The quantitative estimate of drug-likeness (QED) is 0.764. The van der Waals surface area contributed by atoms with Gasteiger partial charge in [0.15, 0.2) is 0 Å². The van der Waals surface area contributed by atoms with Crippen molar-refractivity contribution in [2.45, 2.75) is 6.42 Å². The molecule has 3 N–H and O–H groups in total. The Morgan fingerprint density at radius 3 is 2.47 bits per heavy atom. The zero-order valence-electron chi connectivity index (χ0n) is 9.95. The summed E-state index contributed by atoms with van der Waals surface area (Å²) in [4.78, 5) is 0. The summed E-state index contributed by atoms with van der Waals surface area (Å²) in [5.74, 6) is 0. The van der Waals surface area contributed by atoms with Crippen LogP contribution in [0.5, 0.6) is 0 Å². The highest BCUT2D eigenvalue weighted by atomic mass is 79.9. The van der Waals surface area contributed by atoms with Gasteiger partial charge in [-0.15, -0.1) is 0 Å². The fraction of sp³-hybridized carbons (Fsp3) is 0.0714. The van der Waals surface area contributed by atoms with Crippen LogP contribution in [0, 0.1) is 11.3 Å². The van der Waals surface area contributed by atoms with E-state index in [1.165, 1.54) is 0 Å². The van der Waals surface area contributed by atoms with Crippen molar-refractivity contribution in [2.24, 2.45) is 0 Å². The van der Waals surface area contributed by atoms with E-state index in [4.69, 9.17) is 11.0 Å². The number of nitrogen functional groups attached to an aromatic ring is 1. The van der Waals surface area contributed by atoms with Crippen LogP contribution in [0.4, 0.5) is 17.1 Å². The number of nitrogens with two attached hydrogens (primary N) is 1. The van der Waals surface area contributed by atoms with E-state index in [1.807, 2.05) is 30.3 Å². The molecule has 0 aliphatic carbocycles. The van der Waals surface area contributed by atoms with Gasteiger partial charge < -0.3 is 11.1 Å². The fourth-order valence-corrected chi connectivity index (χ4v) is 2.88. The van der Waals surface area contributed by atoms with Crippen molar-refractivity contribution in [1.82, 2.24) is 0 Å². The molecule has 5 heteroatoms. The van der Waals surface area contributed by atoms with E-state index in [0.717, 1.165) is 25.9 Å². The monoisotopic (exact) mass is 379 g/mol. The van der Waals surface area contributed by atoms with E-state index in [9.17, 15) is 0 Å². The standard InChI is InChI=1S/C14H11Br2N3/c15-11-2-1-3-12(16)14(11)19-10-4-5-13(18)9(8-10)6-7-17/h1-5,8,19H,6,18H2. The van der Waals surface area contributed by atoms with Crippen LogP contribution in [0.2, 0.25) is 0 Å². The lowest BCUT2D eigenvalue weighted by molar-refractivity contribution is 1.26. The molecule has 0 spiro atoms. The summed E-state index contributed by atoms with van der Waals surface area (Å²) < 4.78 is 1.92. The molecule has 0 amide bonds. The Balaban J connectivity index is 2.34. The maximum Gasteiger partial charge on any atom is 0.0673 e. The number of nitriles is 1. The molecule has 0 saturated heterocycles. The first kappa shape index (κ1) is 13.9. The molecule has 2 aromatic carbocycles. The number of halogens is 2. The summed E-state index contributed by atoms with van der Waals surface area (Å²) in [5.41, 5.74) is 9.13. The summed E-state index contributed by atoms with van der Waals surface area (Å²) in [7, 11) is 0. The molecule has 3 nitrogen and oxygen atoms in total. The van der Waals surface area contributed by atoms with Gasteiger partial charge in [0.25, 0.3) is 0 Å². The van der Waals surface area contributed by atoms with Crippen molar-refractivity contribution in [3.8, 4) is 6.07 Å². The predicted molar refractivity (Wildman–Crippen MR) is 85.3 cm³/mol. The summed E-state index contributed by atoms with van der Waals surface area (Å²) >= 11 is 7.00. The second-order valence-corrected chi connectivity index (χ2v) is 5.68. The second-order valence-electron chi connectivity index (χ2n) is 3.97. The zero-order chi connectivity index (χ0) is 13.8. The Hall–Kier alpha value is -1.51. The molecule has 96 valence electrons. The van der Waals surface area contributed by atoms with Crippen molar-refractivity contribution in [3.63, 3.8) is 0 Å². The van der Waals surface area contributed by atoms with Crippen LogP contribution in [0.15, 0.2) is 45.3 Å². The fourth-order valence-electron chi connectivity index (χ4n) is 1.68. The molecule has 0 saturated carbocycles. The highest BCUT2D eigenvalue weighted by Crippen LogP contribution is 2.33. The molecule has 0 aliphatic rings. The summed E-state index contributed by atoms with van der Waals surface area (Å²) in [6.07, 6.45) is 0.304. The Morgan fingerprint density at radius 2 is 1.84 bits per heavy atom. The number of nitrogens with one attached hydrogen (secondary N) is 1. The molecule has 0 heterocycles. The summed E-state index contributed by atoms with van der Waals surface area (Å²) in [5, 5.41) is 12.1. The maximum atomic E-state index is 8.77. The first-order valence-corrected chi connectivity index (χ1v) is 7.17. The van der Waals surface area contributed by atoms with Gasteiger partial charge in [-0.3, -0.25) is 0 Å². The molecule has 2 aromatic rings. The van der Waals surface area contributed by atoms with Gasteiger partial charge in [-0.25, -0.2) is 0 Å². The lowest BCUT2D eigenvalue weighted by atomic mass is 10.1. The molecule has 0 bridgehead atoms. The SMILES string of the molecule is N#CCc1cc(Nc2c(Br)cccc2Br)ccc1N. The van der Waals surface area contributed by atoms with E-state index in [2.05, 4.69) is 43.2 Å². The topological polar surface area (TPSA) is 61.8 Å². The van der Waals surface area contributed by atoms with Crippen molar-refractivity contribution in [2.75, 3.05) is 11.1 Å². The minimum absolute atomic E-state index is 0.304. The Kier molecular flexibility index (Phi) is 4.46. The minimum atomic E-state index is 0.304. The molecule has 0 aromatic heterocycles. The maximum absolute atomic E-state index is 8.77. The van der Waals surface area contributed by atoms with Gasteiger partial charge >= 0.3 is 0 Å². The predicted octanol–water partition coefficient (Wildman–Crippen LogP) is 4.60.